The zero-order valence-corrected chi connectivity index (χ0v) is 11.7. The molecule has 3 nitrogen and oxygen atoms in total. The summed E-state index contributed by atoms with van der Waals surface area (Å²) in [4.78, 5) is 14.0. The van der Waals surface area contributed by atoms with Crippen molar-refractivity contribution in [1.82, 2.24) is 0 Å². The first-order chi connectivity index (χ1) is 8.08. The van der Waals surface area contributed by atoms with Crippen LogP contribution in [0, 0.1) is 5.92 Å². The number of hydrogen-bond donors (Lipinski definition) is 0. The van der Waals surface area contributed by atoms with Crippen LogP contribution in [0.5, 0.6) is 5.75 Å². The molecule has 2 rings (SSSR count). The van der Waals surface area contributed by atoms with Crippen molar-refractivity contribution in [3.8, 4) is 5.75 Å². The van der Waals surface area contributed by atoms with Crippen molar-refractivity contribution in [2.45, 2.75) is 20.3 Å². The standard InChI is InChI=1S/C13H16BrNO2/c1-9(2)7-13(16)15-5-6-17-12-4-3-10(14)8-11(12)15/h3-4,8-9H,5-7H2,1-2H3. The fraction of sp³-hybridized carbons (Fsp3) is 0.462. The van der Waals surface area contributed by atoms with Crippen LogP contribution in [0.25, 0.3) is 0 Å². The van der Waals surface area contributed by atoms with E-state index in [0.29, 0.717) is 25.5 Å². The number of benzene rings is 1. The van der Waals surface area contributed by atoms with Gasteiger partial charge in [0.05, 0.1) is 12.2 Å². The summed E-state index contributed by atoms with van der Waals surface area (Å²) in [6, 6.07) is 5.76. The molecular formula is C13H16BrNO2. The quantitative estimate of drug-likeness (QED) is 0.839. The average Bonchev–Trinajstić information content (AvgIpc) is 2.27. The number of nitrogens with zero attached hydrogens (tertiary/aromatic N) is 1. The van der Waals surface area contributed by atoms with Gasteiger partial charge in [0.25, 0.3) is 0 Å². The van der Waals surface area contributed by atoms with Gasteiger partial charge in [-0.3, -0.25) is 4.79 Å². The summed E-state index contributed by atoms with van der Waals surface area (Å²) in [5, 5.41) is 0. The summed E-state index contributed by atoms with van der Waals surface area (Å²) in [6.07, 6.45) is 0.575. The molecule has 0 fully saturated rings. The summed E-state index contributed by atoms with van der Waals surface area (Å²) >= 11 is 3.42. The van der Waals surface area contributed by atoms with E-state index in [4.69, 9.17) is 4.74 Å². The second-order valence-electron chi connectivity index (χ2n) is 4.60. The Morgan fingerprint density at radius 2 is 2.29 bits per heavy atom. The minimum Gasteiger partial charge on any atom is -0.490 e. The zero-order valence-electron chi connectivity index (χ0n) is 10.1. The SMILES string of the molecule is CC(C)CC(=O)N1CCOc2ccc(Br)cc21. The van der Waals surface area contributed by atoms with Crippen molar-refractivity contribution in [2.24, 2.45) is 5.92 Å². The predicted molar refractivity (Wildman–Crippen MR) is 71.4 cm³/mol. The topological polar surface area (TPSA) is 29.5 Å². The Morgan fingerprint density at radius 1 is 1.53 bits per heavy atom. The molecule has 0 N–H and O–H groups in total. The second kappa shape index (κ2) is 5.08. The van der Waals surface area contributed by atoms with E-state index < -0.39 is 0 Å². The van der Waals surface area contributed by atoms with Gasteiger partial charge in [-0.15, -0.1) is 0 Å². The fourth-order valence-corrected chi connectivity index (χ4v) is 2.26. The lowest BCUT2D eigenvalue weighted by molar-refractivity contribution is -0.119. The van der Waals surface area contributed by atoms with E-state index in [2.05, 4.69) is 29.8 Å². The average molecular weight is 298 g/mol. The van der Waals surface area contributed by atoms with Crippen molar-refractivity contribution >= 4 is 27.5 Å². The molecule has 1 aromatic rings. The minimum absolute atomic E-state index is 0.169. The second-order valence-corrected chi connectivity index (χ2v) is 5.52. The molecule has 1 amide bonds. The zero-order chi connectivity index (χ0) is 12.4. The first-order valence-corrected chi connectivity index (χ1v) is 6.60. The molecule has 0 aromatic heterocycles. The number of carbonyl (C=O) groups excluding carboxylic acids is 1. The highest BCUT2D eigenvalue weighted by atomic mass is 79.9. The maximum absolute atomic E-state index is 12.1. The van der Waals surface area contributed by atoms with E-state index in [0.717, 1.165) is 15.9 Å². The molecule has 0 atom stereocenters. The third-order valence-electron chi connectivity index (χ3n) is 2.67. The number of anilines is 1. The maximum atomic E-state index is 12.1. The van der Waals surface area contributed by atoms with Crippen molar-refractivity contribution in [3.05, 3.63) is 22.7 Å². The lowest BCUT2D eigenvalue weighted by atomic mass is 10.1. The Balaban J connectivity index is 2.27. The molecule has 4 heteroatoms. The summed E-state index contributed by atoms with van der Waals surface area (Å²) in [5.41, 5.74) is 0.872. The molecule has 0 saturated heterocycles. The first-order valence-electron chi connectivity index (χ1n) is 5.80. The van der Waals surface area contributed by atoms with Crippen molar-refractivity contribution in [3.63, 3.8) is 0 Å². The van der Waals surface area contributed by atoms with Crippen LogP contribution in [-0.2, 0) is 4.79 Å². The highest BCUT2D eigenvalue weighted by Gasteiger charge is 2.24. The highest BCUT2D eigenvalue weighted by molar-refractivity contribution is 9.10. The number of hydrogen-bond acceptors (Lipinski definition) is 2. The van der Waals surface area contributed by atoms with Gasteiger partial charge >= 0.3 is 0 Å². The van der Waals surface area contributed by atoms with E-state index in [-0.39, 0.29) is 5.91 Å². The Hall–Kier alpha value is -1.03. The number of carbonyl (C=O) groups is 1. The van der Waals surface area contributed by atoms with Crippen molar-refractivity contribution in [2.75, 3.05) is 18.1 Å². The molecule has 0 radical (unpaired) electrons. The van der Waals surface area contributed by atoms with Gasteiger partial charge in [0.1, 0.15) is 12.4 Å². The van der Waals surface area contributed by atoms with Gasteiger partial charge in [-0.05, 0) is 24.1 Å². The predicted octanol–water partition coefficient (Wildman–Crippen LogP) is 3.22. The monoisotopic (exact) mass is 297 g/mol. The molecule has 1 aromatic carbocycles. The van der Waals surface area contributed by atoms with Gasteiger partial charge in [0.15, 0.2) is 0 Å². The summed E-state index contributed by atoms with van der Waals surface area (Å²) in [7, 11) is 0. The minimum atomic E-state index is 0.169. The van der Waals surface area contributed by atoms with Crippen LogP contribution in [0.2, 0.25) is 0 Å². The maximum Gasteiger partial charge on any atom is 0.227 e. The summed E-state index contributed by atoms with van der Waals surface area (Å²) in [6.45, 7) is 5.31. The van der Waals surface area contributed by atoms with Crippen LogP contribution in [0.1, 0.15) is 20.3 Å². The van der Waals surface area contributed by atoms with E-state index >= 15 is 0 Å². The van der Waals surface area contributed by atoms with E-state index in [1.807, 2.05) is 23.1 Å². The molecule has 0 saturated carbocycles. The fourth-order valence-electron chi connectivity index (χ4n) is 1.91. The van der Waals surface area contributed by atoms with Gasteiger partial charge in [-0.1, -0.05) is 29.8 Å². The van der Waals surface area contributed by atoms with Crippen LogP contribution >= 0.6 is 15.9 Å². The molecule has 0 aliphatic carbocycles. The summed E-state index contributed by atoms with van der Waals surface area (Å²) < 4.78 is 6.51. The van der Waals surface area contributed by atoms with Crippen molar-refractivity contribution in [1.29, 1.82) is 0 Å². The number of rotatable bonds is 2. The molecular weight excluding hydrogens is 282 g/mol. The van der Waals surface area contributed by atoms with E-state index in [1.54, 1.807) is 0 Å². The van der Waals surface area contributed by atoms with Crippen LogP contribution in [0.3, 0.4) is 0 Å². The number of amides is 1. The Bertz CT molecular complexity index is 431. The number of fused-ring (bicyclic) bond motifs is 1. The molecule has 1 heterocycles. The molecule has 0 unspecified atom stereocenters. The normalized spacial score (nSPS) is 14.5. The van der Waals surface area contributed by atoms with Crippen LogP contribution < -0.4 is 9.64 Å². The Labute approximate surface area is 110 Å². The van der Waals surface area contributed by atoms with Gasteiger partial charge in [0.2, 0.25) is 5.91 Å². The highest BCUT2D eigenvalue weighted by Crippen LogP contribution is 2.34. The number of halogens is 1. The van der Waals surface area contributed by atoms with E-state index in [1.165, 1.54) is 0 Å². The van der Waals surface area contributed by atoms with Gasteiger partial charge < -0.3 is 9.64 Å². The van der Waals surface area contributed by atoms with Gasteiger partial charge in [-0.2, -0.15) is 0 Å². The van der Waals surface area contributed by atoms with E-state index in [9.17, 15) is 4.79 Å². The van der Waals surface area contributed by atoms with Crippen molar-refractivity contribution < 1.29 is 9.53 Å². The third kappa shape index (κ3) is 2.80. The lowest BCUT2D eigenvalue weighted by Gasteiger charge is -2.30. The largest absolute Gasteiger partial charge is 0.490 e. The lowest BCUT2D eigenvalue weighted by Crippen LogP contribution is -2.38. The van der Waals surface area contributed by atoms with Crippen LogP contribution in [-0.4, -0.2) is 19.1 Å². The van der Waals surface area contributed by atoms with Gasteiger partial charge in [-0.25, -0.2) is 0 Å². The Morgan fingerprint density at radius 3 is 3.00 bits per heavy atom. The first kappa shape index (κ1) is 12.4. The Kier molecular flexibility index (Phi) is 3.72. The molecule has 0 spiro atoms. The third-order valence-corrected chi connectivity index (χ3v) is 3.16. The molecule has 92 valence electrons. The van der Waals surface area contributed by atoms with Crippen LogP contribution in [0.15, 0.2) is 22.7 Å². The summed E-state index contributed by atoms with van der Waals surface area (Å²) in [5.74, 6) is 1.33. The molecule has 1 aliphatic rings. The molecule has 17 heavy (non-hydrogen) atoms. The van der Waals surface area contributed by atoms with Crippen LogP contribution in [0.4, 0.5) is 5.69 Å². The number of ether oxygens (including phenoxy) is 1. The molecule has 0 bridgehead atoms. The molecule has 1 aliphatic heterocycles. The smallest absolute Gasteiger partial charge is 0.227 e. The van der Waals surface area contributed by atoms with Gasteiger partial charge in [0, 0.05) is 10.9 Å².